The van der Waals surface area contributed by atoms with Crippen molar-refractivity contribution in [3.05, 3.63) is 47.2 Å². The lowest BCUT2D eigenvalue weighted by Crippen LogP contribution is -2.60. The average molecular weight is 585 g/mol. The summed E-state index contributed by atoms with van der Waals surface area (Å²) in [6, 6.07) is 4.08. The van der Waals surface area contributed by atoms with E-state index < -0.39 is 67.6 Å². The highest BCUT2D eigenvalue weighted by Crippen LogP contribution is 2.36. The smallest absolute Gasteiger partial charge is 0.337 e. The lowest BCUT2D eigenvalue weighted by atomic mass is 9.86. The van der Waals surface area contributed by atoms with Crippen molar-refractivity contribution in [2.24, 2.45) is 5.92 Å². The van der Waals surface area contributed by atoms with Crippen molar-refractivity contribution in [1.29, 1.82) is 0 Å². The van der Waals surface area contributed by atoms with Crippen LogP contribution in [0.2, 0.25) is 0 Å². The molecule has 3 rings (SSSR count). The normalized spacial score (nSPS) is 29.8. The molecule has 1 fully saturated rings. The Labute approximate surface area is 235 Å². The molecule has 0 aliphatic carbocycles. The van der Waals surface area contributed by atoms with Gasteiger partial charge in [-0.15, -0.1) is 0 Å². The van der Waals surface area contributed by atoms with Crippen LogP contribution in [0.25, 0.3) is 0 Å². The molecule has 2 aliphatic heterocycles. The SMILES string of the molecule is C/C=C1\[C@H](O[C@@H]2O[C@H](CO)[C@@H](O)[C@H](O)[C@H]2O)OC=C(C(=O)OC)[C@H]1CC(=O)OC[C@H](OCC)c1ccc(O)c(O)c1. The van der Waals surface area contributed by atoms with E-state index in [0.717, 1.165) is 13.4 Å². The number of aromatic hydroxyl groups is 2. The van der Waals surface area contributed by atoms with Gasteiger partial charge in [0.15, 0.2) is 17.8 Å². The van der Waals surface area contributed by atoms with E-state index >= 15 is 0 Å². The Bertz CT molecular complexity index is 1120. The summed E-state index contributed by atoms with van der Waals surface area (Å²) in [5.74, 6) is -3.14. The maximum atomic E-state index is 13.0. The van der Waals surface area contributed by atoms with Crippen LogP contribution in [-0.2, 0) is 38.0 Å². The summed E-state index contributed by atoms with van der Waals surface area (Å²) < 4.78 is 32.6. The molecule has 1 saturated heterocycles. The van der Waals surface area contributed by atoms with Crippen molar-refractivity contribution in [3.63, 3.8) is 0 Å². The Kier molecular flexibility index (Phi) is 11.5. The molecule has 0 unspecified atom stereocenters. The Morgan fingerprint density at radius 1 is 1.10 bits per heavy atom. The summed E-state index contributed by atoms with van der Waals surface area (Å²) in [5, 5.41) is 59.4. The fraction of sp³-hybridized carbons (Fsp3) is 0.556. The predicted octanol–water partition coefficient (Wildman–Crippen LogP) is -0.0991. The maximum absolute atomic E-state index is 13.0. The van der Waals surface area contributed by atoms with Crippen molar-refractivity contribution >= 4 is 11.9 Å². The Hall–Kier alpha value is -3.24. The zero-order chi connectivity index (χ0) is 30.3. The highest BCUT2D eigenvalue weighted by Gasteiger charge is 2.47. The third-order valence-corrected chi connectivity index (χ3v) is 6.73. The minimum Gasteiger partial charge on any atom is -0.504 e. The number of carbonyl (C=O) groups is 2. The molecule has 8 atom stereocenters. The van der Waals surface area contributed by atoms with Crippen LogP contribution in [0.5, 0.6) is 11.5 Å². The zero-order valence-corrected chi connectivity index (χ0v) is 22.8. The lowest BCUT2D eigenvalue weighted by Gasteiger charge is -2.41. The van der Waals surface area contributed by atoms with Gasteiger partial charge in [-0.25, -0.2) is 4.79 Å². The molecule has 0 aromatic heterocycles. The van der Waals surface area contributed by atoms with Crippen LogP contribution in [0.4, 0.5) is 0 Å². The highest BCUT2D eigenvalue weighted by molar-refractivity contribution is 5.90. The molecule has 0 amide bonds. The van der Waals surface area contributed by atoms with Crippen LogP contribution in [0.1, 0.15) is 31.9 Å². The van der Waals surface area contributed by atoms with Crippen molar-refractivity contribution < 1.29 is 68.6 Å². The number of carbonyl (C=O) groups excluding carboxylic acids is 2. The van der Waals surface area contributed by atoms with E-state index in [1.54, 1.807) is 13.8 Å². The van der Waals surface area contributed by atoms with E-state index in [2.05, 4.69) is 0 Å². The summed E-state index contributed by atoms with van der Waals surface area (Å²) in [6.07, 6.45) is -7.60. The number of esters is 2. The first-order valence-electron chi connectivity index (χ1n) is 12.9. The van der Waals surface area contributed by atoms with Gasteiger partial charge in [0.05, 0.1) is 32.0 Å². The van der Waals surface area contributed by atoms with Crippen LogP contribution in [0.15, 0.2) is 41.7 Å². The summed E-state index contributed by atoms with van der Waals surface area (Å²) in [7, 11) is 1.16. The number of aliphatic hydroxyl groups excluding tert-OH is 4. The second-order valence-corrected chi connectivity index (χ2v) is 9.29. The first kappa shape index (κ1) is 32.3. The van der Waals surface area contributed by atoms with Gasteiger partial charge < -0.3 is 59.1 Å². The minimum atomic E-state index is -1.71. The molecule has 0 saturated carbocycles. The number of methoxy groups -OCH3 is 1. The fourth-order valence-electron chi connectivity index (χ4n) is 4.50. The molecule has 2 heterocycles. The Balaban J connectivity index is 1.76. The first-order valence-corrected chi connectivity index (χ1v) is 12.9. The van der Waals surface area contributed by atoms with Crippen LogP contribution < -0.4 is 0 Å². The molecule has 228 valence electrons. The number of allylic oxidation sites excluding steroid dienone is 1. The molecule has 2 aliphatic rings. The van der Waals surface area contributed by atoms with Crippen LogP contribution in [0.3, 0.4) is 0 Å². The fourth-order valence-corrected chi connectivity index (χ4v) is 4.50. The molecule has 1 aromatic rings. The Morgan fingerprint density at radius 3 is 2.44 bits per heavy atom. The van der Waals surface area contributed by atoms with E-state index in [4.69, 9.17) is 28.4 Å². The monoisotopic (exact) mass is 584 g/mol. The van der Waals surface area contributed by atoms with Crippen LogP contribution in [-0.4, -0.2) is 107 Å². The van der Waals surface area contributed by atoms with E-state index in [-0.39, 0.29) is 42.3 Å². The molecule has 41 heavy (non-hydrogen) atoms. The number of hydrogen-bond donors (Lipinski definition) is 6. The number of hydrogen-bond acceptors (Lipinski definition) is 14. The van der Waals surface area contributed by atoms with Gasteiger partial charge in [-0.2, -0.15) is 0 Å². The molecule has 0 radical (unpaired) electrons. The summed E-state index contributed by atoms with van der Waals surface area (Å²) in [5.41, 5.74) is 0.709. The lowest BCUT2D eigenvalue weighted by molar-refractivity contribution is -0.327. The topological polar surface area (TPSA) is 211 Å². The van der Waals surface area contributed by atoms with Crippen LogP contribution in [0, 0.1) is 5.92 Å². The van der Waals surface area contributed by atoms with E-state index in [0.29, 0.717) is 5.56 Å². The second-order valence-electron chi connectivity index (χ2n) is 9.29. The van der Waals surface area contributed by atoms with Crippen molar-refractivity contribution in [3.8, 4) is 11.5 Å². The van der Waals surface area contributed by atoms with Gasteiger partial charge in [0.2, 0.25) is 6.29 Å². The van der Waals surface area contributed by atoms with Crippen LogP contribution >= 0.6 is 0 Å². The second kappa shape index (κ2) is 14.6. The number of phenolic OH excluding ortho intramolecular Hbond substituents is 2. The summed E-state index contributed by atoms with van der Waals surface area (Å²) in [4.78, 5) is 25.5. The van der Waals surface area contributed by atoms with Crippen molar-refractivity contribution in [1.82, 2.24) is 0 Å². The number of phenols is 2. The van der Waals surface area contributed by atoms with Gasteiger partial charge in [-0.1, -0.05) is 12.1 Å². The third kappa shape index (κ3) is 7.54. The quantitative estimate of drug-likeness (QED) is 0.114. The number of benzene rings is 1. The number of rotatable bonds is 11. The average Bonchev–Trinajstić information content (AvgIpc) is 2.96. The van der Waals surface area contributed by atoms with Gasteiger partial charge in [-0.05, 0) is 31.5 Å². The van der Waals surface area contributed by atoms with Gasteiger partial charge >= 0.3 is 11.9 Å². The van der Waals surface area contributed by atoms with E-state index in [1.807, 2.05) is 0 Å². The molecule has 14 heteroatoms. The molecule has 1 aromatic carbocycles. The molecular formula is C27H36O14. The van der Waals surface area contributed by atoms with E-state index in [1.165, 1.54) is 24.3 Å². The maximum Gasteiger partial charge on any atom is 0.337 e. The van der Waals surface area contributed by atoms with Gasteiger partial charge in [0.25, 0.3) is 0 Å². The minimum absolute atomic E-state index is 0.0176. The van der Waals surface area contributed by atoms with Crippen molar-refractivity contribution in [2.75, 3.05) is 26.9 Å². The third-order valence-electron chi connectivity index (χ3n) is 6.73. The first-order chi connectivity index (χ1) is 19.6. The van der Waals surface area contributed by atoms with Gasteiger partial charge in [0, 0.05) is 18.1 Å². The number of ether oxygens (including phenoxy) is 6. The van der Waals surface area contributed by atoms with E-state index in [9.17, 15) is 40.2 Å². The van der Waals surface area contributed by atoms with Crippen molar-refractivity contribution in [2.45, 2.75) is 63.4 Å². The highest BCUT2D eigenvalue weighted by atomic mass is 16.8. The van der Waals surface area contributed by atoms with Gasteiger partial charge in [-0.3, -0.25) is 4.79 Å². The molecule has 0 spiro atoms. The standard InChI is InChI=1S/C27H36O14/c1-4-14-15(9-21(31)38-12-20(37-5-2)13-6-7-17(29)18(30)8-13)16(25(35)36-3)11-39-26(14)41-27-24(34)23(33)22(32)19(10-28)40-27/h4,6-8,11,15,19-20,22-24,26-30,32-34H,5,9-10,12H2,1-3H3/b14-4-/t15-,19+,20-,22+,23-,24+,26-,27-/m0/s1. The summed E-state index contributed by atoms with van der Waals surface area (Å²) in [6.45, 7) is 2.69. The molecular weight excluding hydrogens is 548 g/mol. The number of aliphatic hydroxyl groups is 4. The zero-order valence-electron chi connectivity index (χ0n) is 22.8. The molecule has 6 N–H and O–H groups in total. The van der Waals surface area contributed by atoms with Gasteiger partial charge in [0.1, 0.15) is 37.1 Å². The largest absolute Gasteiger partial charge is 0.504 e. The Morgan fingerprint density at radius 2 is 1.83 bits per heavy atom. The summed E-state index contributed by atoms with van der Waals surface area (Å²) >= 11 is 0. The predicted molar refractivity (Wildman–Crippen MR) is 137 cm³/mol. The molecule has 14 nitrogen and oxygen atoms in total. The molecule has 0 bridgehead atoms.